The fraction of sp³-hybridized carbons (Fsp3) is 0.529. The van der Waals surface area contributed by atoms with Crippen LogP contribution < -0.4 is 14.8 Å². The van der Waals surface area contributed by atoms with Crippen molar-refractivity contribution in [3.05, 3.63) is 23.8 Å². The van der Waals surface area contributed by atoms with Crippen LogP contribution in [0, 0.1) is 0 Å². The highest BCUT2D eigenvalue weighted by atomic mass is 16.7. The van der Waals surface area contributed by atoms with Gasteiger partial charge in [-0.05, 0) is 30.5 Å². The monoisotopic (exact) mass is 320 g/mol. The summed E-state index contributed by atoms with van der Waals surface area (Å²) in [7, 11) is 0. The molecular weight excluding hydrogens is 296 g/mol. The lowest BCUT2D eigenvalue weighted by atomic mass is 10.2. The van der Waals surface area contributed by atoms with Crippen LogP contribution in [0.4, 0.5) is 0 Å². The molecule has 6 heteroatoms. The van der Waals surface area contributed by atoms with Gasteiger partial charge < -0.3 is 19.7 Å². The smallest absolute Gasteiger partial charge is 0.311 e. The maximum Gasteiger partial charge on any atom is 0.311 e. The molecule has 2 amide bonds. The van der Waals surface area contributed by atoms with E-state index >= 15 is 0 Å². The first-order chi connectivity index (χ1) is 11.2. The number of unbranched alkanes of at least 4 members (excludes halogenated alkanes) is 1. The Morgan fingerprint density at radius 1 is 1.13 bits per heavy atom. The van der Waals surface area contributed by atoms with E-state index in [1.54, 1.807) is 11.0 Å². The third-order valence-electron chi connectivity index (χ3n) is 3.65. The number of nitrogens with zero attached hydrogens (tertiary/aromatic N) is 1. The van der Waals surface area contributed by atoms with Crippen molar-refractivity contribution in [3.63, 3.8) is 0 Å². The summed E-state index contributed by atoms with van der Waals surface area (Å²) < 4.78 is 10.5. The van der Waals surface area contributed by atoms with Gasteiger partial charge in [0, 0.05) is 19.6 Å². The Labute approximate surface area is 136 Å². The van der Waals surface area contributed by atoms with Crippen molar-refractivity contribution in [1.29, 1.82) is 0 Å². The maximum atomic E-state index is 12.2. The molecule has 1 aliphatic heterocycles. The van der Waals surface area contributed by atoms with Crippen LogP contribution in [0.1, 0.15) is 38.7 Å². The fourth-order valence-corrected chi connectivity index (χ4v) is 2.39. The highest BCUT2D eigenvalue weighted by molar-refractivity contribution is 6.34. The van der Waals surface area contributed by atoms with Crippen LogP contribution in [-0.2, 0) is 16.1 Å². The lowest BCUT2D eigenvalue weighted by Crippen LogP contribution is -2.43. The molecule has 0 radical (unpaired) electrons. The minimum absolute atomic E-state index is 0.215. The first kappa shape index (κ1) is 17.1. The SMILES string of the molecule is CCCCN(CCC)C(=O)C(=O)NCc1ccc2c(c1)OCO2. The van der Waals surface area contributed by atoms with E-state index in [2.05, 4.69) is 12.2 Å². The van der Waals surface area contributed by atoms with E-state index < -0.39 is 11.8 Å². The largest absolute Gasteiger partial charge is 0.454 e. The predicted molar refractivity (Wildman–Crippen MR) is 86.2 cm³/mol. The number of fused-ring (bicyclic) bond motifs is 1. The Morgan fingerprint density at radius 3 is 2.65 bits per heavy atom. The third-order valence-corrected chi connectivity index (χ3v) is 3.65. The zero-order chi connectivity index (χ0) is 16.7. The van der Waals surface area contributed by atoms with Crippen LogP contribution in [-0.4, -0.2) is 36.6 Å². The van der Waals surface area contributed by atoms with Crippen molar-refractivity contribution in [3.8, 4) is 11.5 Å². The van der Waals surface area contributed by atoms with Gasteiger partial charge in [-0.3, -0.25) is 9.59 Å². The summed E-state index contributed by atoms with van der Waals surface area (Å²) in [6.07, 6.45) is 2.73. The number of hydrogen-bond donors (Lipinski definition) is 1. The van der Waals surface area contributed by atoms with Gasteiger partial charge in [-0.1, -0.05) is 26.3 Å². The summed E-state index contributed by atoms with van der Waals surface area (Å²) in [6.45, 7) is 5.80. The minimum Gasteiger partial charge on any atom is -0.454 e. The molecule has 0 saturated carbocycles. The summed E-state index contributed by atoms with van der Waals surface area (Å²) >= 11 is 0. The highest BCUT2D eigenvalue weighted by Crippen LogP contribution is 2.32. The topological polar surface area (TPSA) is 67.9 Å². The van der Waals surface area contributed by atoms with Crippen LogP contribution in [0.3, 0.4) is 0 Å². The molecule has 23 heavy (non-hydrogen) atoms. The molecule has 0 bridgehead atoms. The molecule has 0 aromatic heterocycles. The number of nitrogens with one attached hydrogen (secondary N) is 1. The van der Waals surface area contributed by atoms with Gasteiger partial charge in [0.25, 0.3) is 0 Å². The molecule has 1 N–H and O–H groups in total. The quantitative estimate of drug-likeness (QED) is 0.781. The molecule has 0 saturated heterocycles. The highest BCUT2D eigenvalue weighted by Gasteiger charge is 2.21. The minimum atomic E-state index is -0.563. The molecule has 1 aromatic rings. The molecule has 126 valence electrons. The van der Waals surface area contributed by atoms with Gasteiger partial charge >= 0.3 is 11.8 Å². The first-order valence-corrected chi connectivity index (χ1v) is 8.11. The Balaban J connectivity index is 1.88. The van der Waals surface area contributed by atoms with Crippen molar-refractivity contribution in [1.82, 2.24) is 10.2 Å². The lowest BCUT2D eigenvalue weighted by molar-refractivity contribution is -0.146. The predicted octanol–water partition coefficient (Wildman–Crippen LogP) is 2.07. The van der Waals surface area contributed by atoms with E-state index in [-0.39, 0.29) is 13.3 Å². The Kier molecular flexibility index (Phi) is 6.26. The summed E-state index contributed by atoms with van der Waals surface area (Å²) in [5.74, 6) is 0.344. The van der Waals surface area contributed by atoms with Crippen molar-refractivity contribution < 1.29 is 19.1 Å². The third kappa shape index (κ3) is 4.61. The van der Waals surface area contributed by atoms with Gasteiger partial charge in [0.2, 0.25) is 6.79 Å². The van der Waals surface area contributed by atoms with Gasteiger partial charge in [-0.15, -0.1) is 0 Å². The summed E-state index contributed by atoms with van der Waals surface area (Å²) in [5.41, 5.74) is 0.867. The molecule has 0 unspecified atom stereocenters. The standard InChI is InChI=1S/C17H24N2O4/c1-3-5-9-19(8-4-2)17(21)16(20)18-11-13-6-7-14-15(10-13)23-12-22-14/h6-7,10H,3-5,8-9,11-12H2,1-2H3,(H,18,20). The number of rotatable bonds is 7. The first-order valence-electron chi connectivity index (χ1n) is 8.11. The van der Waals surface area contributed by atoms with Gasteiger partial charge in [0.1, 0.15) is 0 Å². The lowest BCUT2D eigenvalue weighted by Gasteiger charge is -2.21. The van der Waals surface area contributed by atoms with Gasteiger partial charge in [-0.25, -0.2) is 0 Å². The number of carbonyl (C=O) groups is 2. The second-order valence-electron chi connectivity index (χ2n) is 5.52. The molecule has 0 fully saturated rings. The van der Waals surface area contributed by atoms with E-state index in [0.29, 0.717) is 24.6 Å². The second-order valence-corrected chi connectivity index (χ2v) is 5.52. The molecule has 0 aliphatic carbocycles. The van der Waals surface area contributed by atoms with Crippen LogP contribution in [0.25, 0.3) is 0 Å². The zero-order valence-electron chi connectivity index (χ0n) is 13.8. The van der Waals surface area contributed by atoms with E-state index in [9.17, 15) is 9.59 Å². The van der Waals surface area contributed by atoms with Crippen LogP contribution in [0.2, 0.25) is 0 Å². The average molecular weight is 320 g/mol. The molecule has 2 rings (SSSR count). The average Bonchev–Trinajstić information content (AvgIpc) is 3.03. The molecule has 1 aromatic carbocycles. The number of amides is 2. The van der Waals surface area contributed by atoms with Crippen molar-refractivity contribution >= 4 is 11.8 Å². The molecule has 0 atom stereocenters. The van der Waals surface area contributed by atoms with Crippen molar-refractivity contribution in [2.45, 2.75) is 39.7 Å². The summed E-state index contributed by atoms with van der Waals surface area (Å²) in [6, 6.07) is 5.46. The van der Waals surface area contributed by atoms with Crippen LogP contribution in [0.5, 0.6) is 11.5 Å². The Morgan fingerprint density at radius 2 is 1.91 bits per heavy atom. The second kappa shape index (κ2) is 8.41. The molecule has 1 heterocycles. The van der Waals surface area contributed by atoms with Crippen LogP contribution in [0.15, 0.2) is 18.2 Å². The fourth-order valence-electron chi connectivity index (χ4n) is 2.39. The van der Waals surface area contributed by atoms with E-state index in [1.165, 1.54) is 0 Å². The van der Waals surface area contributed by atoms with E-state index in [0.717, 1.165) is 24.8 Å². The van der Waals surface area contributed by atoms with Gasteiger partial charge in [0.05, 0.1) is 0 Å². The number of hydrogen-bond acceptors (Lipinski definition) is 4. The van der Waals surface area contributed by atoms with E-state index in [1.807, 2.05) is 19.1 Å². The summed E-state index contributed by atoms with van der Waals surface area (Å²) in [4.78, 5) is 25.9. The maximum absolute atomic E-state index is 12.2. The molecule has 1 aliphatic rings. The number of benzene rings is 1. The molecular formula is C17H24N2O4. The summed E-state index contributed by atoms with van der Waals surface area (Å²) in [5, 5.41) is 2.68. The van der Waals surface area contributed by atoms with Crippen LogP contribution >= 0.6 is 0 Å². The van der Waals surface area contributed by atoms with E-state index in [4.69, 9.17) is 9.47 Å². The normalized spacial score (nSPS) is 12.1. The van der Waals surface area contributed by atoms with Gasteiger partial charge in [-0.2, -0.15) is 0 Å². The zero-order valence-corrected chi connectivity index (χ0v) is 13.8. The Hall–Kier alpha value is -2.24. The number of ether oxygens (including phenoxy) is 2. The Bertz CT molecular complexity index is 560. The molecule has 6 nitrogen and oxygen atoms in total. The van der Waals surface area contributed by atoms with Crippen molar-refractivity contribution in [2.75, 3.05) is 19.9 Å². The number of carbonyl (C=O) groups excluding carboxylic acids is 2. The van der Waals surface area contributed by atoms with Crippen molar-refractivity contribution in [2.24, 2.45) is 0 Å². The van der Waals surface area contributed by atoms with Gasteiger partial charge in [0.15, 0.2) is 11.5 Å². The molecule has 0 spiro atoms.